The molecule has 1 aromatic carbocycles. The van der Waals surface area contributed by atoms with E-state index < -0.39 is 29.1 Å². The molecule has 2 N–H and O–H groups in total. The summed E-state index contributed by atoms with van der Waals surface area (Å²) in [6, 6.07) is 2.32. The Morgan fingerprint density at radius 1 is 1.24 bits per heavy atom. The van der Waals surface area contributed by atoms with Crippen LogP contribution in [-0.2, 0) is 28.7 Å². The Balaban J connectivity index is 1.40. The van der Waals surface area contributed by atoms with Crippen LogP contribution in [0.15, 0.2) is 41.0 Å². The van der Waals surface area contributed by atoms with Crippen LogP contribution in [0.2, 0.25) is 5.02 Å². The Bertz CT molecular complexity index is 2140. The zero-order valence-electron chi connectivity index (χ0n) is 27.2. The molecule has 4 aromatic rings. The van der Waals surface area contributed by atoms with Crippen LogP contribution in [0.4, 0.5) is 18.9 Å². The number of alkyl halides is 3. The number of aromatic hydroxyl groups is 1. The number of hydrogen-bond donors (Lipinski definition) is 2. The molecule has 1 atom stereocenters. The van der Waals surface area contributed by atoms with E-state index in [0.717, 1.165) is 33.9 Å². The SMILES string of the molecule is CCc1c(C=C2CC(C)N(C(=O)c3ncnc(C)c3O)C2)c(=O)n2nc(C3=CCOCC3)nc2n1CC(=O)Nc1ccc(C(F)(F)F)cc1Cl. The van der Waals surface area contributed by atoms with Gasteiger partial charge in [0.2, 0.25) is 11.7 Å². The quantitative estimate of drug-likeness (QED) is 0.278. The minimum absolute atomic E-state index is 0.0220. The summed E-state index contributed by atoms with van der Waals surface area (Å²) >= 11 is 6.11. The second-order valence-corrected chi connectivity index (χ2v) is 12.4. The standard InChI is InChI=1S/C33H32ClF3N8O5/c1-4-25-22(12-19-11-17(2)43(14-19)31(49)27-28(47)18(3)38-16-39-27)30(48)45-32(41-29(42-45)20-7-9-50-10-8-20)44(25)15-26(46)40-24-6-5-21(13-23(24)34)33(35,36)37/h5-7,12-13,16-17,47H,4,8-11,14-15H2,1-3H3,(H,40,46). The van der Waals surface area contributed by atoms with Crippen molar-refractivity contribution in [3.05, 3.63) is 85.6 Å². The first kappa shape index (κ1) is 34.8. The highest BCUT2D eigenvalue weighted by Crippen LogP contribution is 2.34. The van der Waals surface area contributed by atoms with Gasteiger partial charge in [0.05, 0.1) is 40.7 Å². The number of anilines is 1. The summed E-state index contributed by atoms with van der Waals surface area (Å²) in [4.78, 5) is 55.0. The van der Waals surface area contributed by atoms with E-state index in [-0.39, 0.29) is 64.7 Å². The molecule has 1 saturated heterocycles. The fraction of sp³-hybridized carbons (Fsp3) is 0.364. The molecule has 2 amide bonds. The molecule has 0 radical (unpaired) electrons. The van der Waals surface area contributed by atoms with Crippen molar-refractivity contribution in [2.75, 3.05) is 25.1 Å². The van der Waals surface area contributed by atoms with E-state index >= 15 is 0 Å². The number of aryl methyl sites for hydroxylation is 1. The largest absolute Gasteiger partial charge is 0.504 e. The number of amides is 2. The summed E-state index contributed by atoms with van der Waals surface area (Å²) in [5.74, 6) is -1.04. The van der Waals surface area contributed by atoms with Crippen LogP contribution in [-0.4, -0.2) is 76.8 Å². The molecule has 0 aliphatic carbocycles. The molecule has 1 unspecified atom stereocenters. The van der Waals surface area contributed by atoms with Gasteiger partial charge in [-0.2, -0.15) is 22.7 Å². The first-order valence-corrected chi connectivity index (χ1v) is 16.1. The van der Waals surface area contributed by atoms with Gasteiger partial charge < -0.3 is 24.6 Å². The number of hydrogen-bond acceptors (Lipinski definition) is 9. The van der Waals surface area contributed by atoms with Gasteiger partial charge >= 0.3 is 6.18 Å². The minimum atomic E-state index is -4.61. The van der Waals surface area contributed by atoms with Crippen molar-refractivity contribution in [2.45, 2.75) is 58.8 Å². The average molecular weight is 713 g/mol. The lowest BCUT2D eigenvalue weighted by molar-refractivity contribution is -0.137. The predicted molar refractivity (Wildman–Crippen MR) is 177 cm³/mol. The summed E-state index contributed by atoms with van der Waals surface area (Å²) in [5.41, 5.74) is 0.860. The van der Waals surface area contributed by atoms with E-state index in [9.17, 15) is 32.7 Å². The van der Waals surface area contributed by atoms with Gasteiger partial charge in [-0.3, -0.25) is 14.4 Å². The fourth-order valence-corrected chi connectivity index (χ4v) is 6.30. The first-order chi connectivity index (χ1) is 23.8. The van der Waals surface area contributed by atoms with Crippen LogP contribution in [0.25, 0.3) is 17.4 Å². The average Bonchev–Trinajstić information content (AvgIpc) is 3.69. The van der Waals surface area contributed by atoms with Crippen LogP contribution in [0.3, 0.4) is 0 Å². The van der Waals surface area contributed by atoms with Crippen LogP contribution < -0.4 is 10.9 Å². The molecule has 2 aliphatic rings. The molecule has 3 aromatic heterocycles. The molecular weight excluding hydrogens is 681 g/mol. The van der Waals surface area contributed by atoms with Crippen molar-refractivity contribution in [3.63, 3.8) is 0 Å². The van der Waals surface area contributed by atoms with Crippen LogP contribution >= 0.6 is 11.6 Å². The number of rotatable bonds is 7. The van der Waals surface area contributed by atoms with Gasteiger partial charge in [0.25, 0.3) is 11.5 Å². The van der Waals surface area contributed by atoms with Crippen molar-refractivity contribution in [1.82, 2.24) is 34.0 Å². The zero-order chi connectivity index (χ0) is 35.9. The zero-order valence-corrected chi connectivity index (χ0v) is 28.0. The van der Waals surface area contributed by atoms with Crippen LogP contribution in [0.5, 0.6) is 5.75 Å². The van der Waals surface area contributed by atoms with E-state index in [4.69, 9.17) is 16.3 Å². The number of ether oxygens (including phenoxy) is 1. The van der Waals surface area contributed by atoms with Gasteiger partial charge in [-0.15, -0.1) is 5.10 Å². The molecule has 1 fully saturated rings. The summed E-state index contributed by atoms with van der Waals surface area (Å²) in [6.07, 6.45) is 1.31. The first-order valence-electron chi connectivity index (χ1n) is 15.7. The normalized spacial score (nSPS) is 17.4. The highest BCUT2D eigenvalue weighted by molar-refractivity contribution is 6.33. The second kappa shape index (κ2) is 13.7. The van der Waals surface area contributed by atoms with E-state index in [1.54, 1.807) is 29.4 Å². The second-order valence-electron chi connectivity index (χ2n) is 12.0. The highest BCUT2D eigenvalue weighted by atomic mass is 35.5. The summed E-state index contributed by atoms with van der Waals surface area (Å²) in [6.45, 7) is 5.77. The van der Waals surface area contributed by atoms with Crippen LogP contribution in [0.1, 0.15) is 65.5 Å². The van der Waals surface area contributed by atoms with E-state index in [0.29, 0.717) is 37.6 Å². The van der Waals surface area contributed by atoms with Crippen molar-refractivity contribution in [1.29, 1.82) is 0 Å². The van der Waals surface area contributed by atoms with Crippen molar-refractivity contribution < 1.29 is 32.6 Å². The topological polar surface area (TPSA) is 157 Å². The highest BCUT2D eigenvalue weighted by Gasteiger charge is 2.33. The lowest BCUT2D eigenvalue weighted by Crippen LogP contribution is -2.34. The lowest BCUT2D eigenvalue weighted by atomic mass is 10.1. The number of likely N-dealkylation sites (tertiary alicyclic amines) is 1. The maximum atomic E-state index is 14.1. The number of fused-ring (bicyclic) bond motifs is 1. The monoisotopic (exact) mass is 712 g/mol. The molecule has 262 valence electrons. The number of nitrogens with one attached hydrogen (secondary N) is 1. The number of carbonyl (C=O) groups excluding carboxylic acids is 2. The maximum absolute atomic E-state index is 14.1. The lowest BCUT2D eigenvalue weighted by Gasteiger charge is -2.20. The Kier molecular flexibility index (Phi) is 9.50. The molecule has 0 bridgehead atoms. The molecule has 17 heteroatoms. The van der Waals surface area contributed by atoms with Gasteiger partial charge in [-0.05, 0) is 68.5 Å². The van der Waals surface area contributed by atoms with E-state index in [1.807, 2.05) is 13.0 Å². The van der Waals surface area contributed by atoms with E-state index in [2.05, 4.69) is 25.4 Å². The Morgan fingerprint density at radius 2 is 2.02 bits per heavy atom. The third-order valence-electron chi connectivity index (χ3n) is 8.63. The number of aromatic nitrogens is 6. The van der Waals surface area contributed by atoms with Gasteiger partial charge in [0.1, 0.15) is 12.9 Å². The Hall–Kier alpha value is -5.09. The number of benzene rings is 1. The molecule has 0 spiro atoms. The van der Waals surface area contributed by atoms with Gasteiger partial charge in [0, 0.05) is 18.3 Å². The molecule has 5 heterocycles. The molecule has 2 aliphatic heterocycles. The van der Waals surface area contributed by atoms with Crippen molar-refractivity contribution in [3.8, 4) is 5.75 Å². The third kappa shape index (κ3) is 6.72. The summed E-state index contributed by atoms with van der Waals surface area (Å²) in [7, 11) is 0. The summed E-state index contributed by atoms with van der Waals surface area (Å²) in [5, 5.41) is 17.2. The smallest absolute Gasteiger partial charge is 0.416 e. The fourth-order valence-electron chi connectivity index (χ4n) is 6.07. The minimum Gasteiger partial charge on any atom is -0.504 e. The van der Waals surface area contributed by atoms with Gasteiger partial charge in [0.15, 0.2) is 17.3 Å². The van der Waals surface area contributed by atoms with Crippen molar-refractivity contribution >= 4 is 46.5 Å². The molecule has 0 saturated carbocycles. The molecule has 50 heavy (non-hydrogen) atoms. The van der Waals surface area contributed by atoms with Gasteiger partial charge in [-0.1, -0.05) is 24.6 Å². The van der Waals surface area contributed by atoms with Crippen LogP contribution in [0, 0.1) is 6.92 Å². The van der Waals surface area contributed by atoms with Gasteiger partial charge in [-0.25, -0.2) is 9.97 Å². The summed E-state index contributed by atoms with van der Waals surface area (Å²) < 4.78 is 47.6. The predicted octanol–water partition coefficient (Wildman–Crippen LogP) is 4.69. The van der Waals surface area contributed by atoms with Crippen molar-refractivity contribution in [2.24, 2.45) is 0 Å². The maximum Gasteiger partial charge on any atom is 0.416 e. The Morgan fingerprint density at radius 3 is 2.70 bits per heavy atom. The van der Waals surface area contributed by atoms with E-state index in [1.165, 1.54) is 6.33 Å². The Labute approximate surface area is 288 Å². The number of carbonyl (C=O) groups is 2. The molecule has 6 rings (SSSR count). The number of nitrogens with zero attached hydrogens (tertiary/aromatic N) is 7. The molecule has 13 nitrogen and oxygen atoms in total. The third-order valence-corrected chi connectivity index (χ3v) is 8.94. The molecular formula is C33H32ClF3N8O5. The number of halogens is 4.